The third kappa shape index (κ3) is 9.37. The second kappa shape index (κ2) is 7.88. The average Bonchev–Trinajstić information content (AvgIpc) is 2.10. The number of hydrogen-bond acceptors (Lipinski definition) is 9. The standard InChI is InChI=1S/C2H9NO6P2S4/c1-12-14-8-10(3,4)7-11(5,6)9-15-13-2/h1-2H3,(H2,3,4)(H,5,6). The van der Waals surface area contributed by atoms with Gasteiger partial charge in [0.25, 0.3) is 0 Å². The Balaban J connectivity index is 4.17. The molecule has 0 aromatic rings. The first-order valence-electron chi connectivity index (χ1n) is 3.02. The molecule has 0 saturated heterocycles. The van der Waals surface area contributed by atoms with Crippen molar-refractivity contribution in [2.24, 2.45) is 0 Å². The largest absolute Gasteiger partial charge is 0.492 e. The molecule has 0 heterocycles. The Kier molecular flexibility index (Phi) is 8.76. The normalized spacial score (nSPS) is 19.5. The van der Waals surface area contributed by atoms with Crippen LogP contribution in [0, 0.1) is 5.16 Å². The molecule has 15 heavy (non-hydrogen) atoms. The van der Waals surface area contributed by atoms with Gasteiger partial charge in [-0.15, -0.1) is 0 Å². The number of hydrogen-bond donors (Lipinski definition) is 3. The molecule has 13 heteroatoms. The van der Waals surface area contributed by atoms with Crippen LogP contribution in [-0.2, 0) is 16.8 Å². The predicted octanol–water partition coefficient (Wildman–Crippen LogP) is 3.51. The van der Waals surface area contributed by atoms with Gasteiger partial charge < -0.3 is 9.79 Å². The van der Waals surface area contributed by atoms with Crippen molar-refractivity contribution in [1.82, 2.24) is 0 Å². The Morgan fingerprint density at radius 3 is 2.07 bits per heavy atom. The van der Waals surface area contributed by atoms with Crippen LogP contribution in [0.25, 0.3) is 0 Å². The average molecular weight is 333 g/mol. The molecule has 0 spiro atoms. The maximum Gasteiger partial charge on any atom is 0.492 e. The fourth-order valence-electron chi connectivity index (χ4n) is 0.308. The summed E-state index contributed by atoms with van der Waals surface area (Å²) in [7, 11) is -6.37. The summed E-state index contributed by atoms with van der Waals surface area (Å²) >= 11 is 1.30. The van der Waals surface area contributed by atoms with Gasteiger partial charge in [0.15, 0.2) is 0 Å². The molecule has 3 N–H and O–H groups in total. The Bertz CT molecular complexity index is 250. The van der Waals surface area contributed by atoms with E-state index in [-0.39, 0.29) is 0 Å². The van der Waals surface area contributed by atoms with Crippen molar-refractivity contribution in [3.05, 3.63) is 0 Å². The highest BCUT2D eigenvalue weighted by Crippen LogP contribution is 2.64. The highest BCUT2D eigenvalue weighted by Gasteiger charge is 2.33. The Labute approximate surface area is 103 Å². The SMILES string of the molecule is CSSOP(=N)(O)OP(=O)(O)OSSC. The van der Waals surface area contributed by atoms with Crippen molar-refractivity contribution in [3.8, 4) is 0 Å². The highest BCUT2D eigenvalue weighted by molar-refractivity contribution is 8.75. The molecular weight excluding hydrogens is 324 g/mol. The zero-order valence-electron chi connectivity index (χ0n) is 7.55. The van der Waals surface area contributed by atoms with Crippen molar-refractivity contribution < 1.29 is 26.6 Å². The summed E-state index contributed by atoms with van der Waals surface area (Å²) < 4.78 is 24.0. The second-order valence-electron chi connectivity index (χ2n) is 1.69. The zero-order chi connectivity index (χ0) is 11.9. The van der Waals surface area contributed by atoms with E-state index in [2.05, 4.69) is 12.3 Å². The van der Waals surface area contributed by atoms with Crippen LogP contribution < -0.4 is 0 Å². The van der Waals surface area contributed by atoms with Gasteiger partial charge >= 0.3 is 15.6 Å². The summed E-state index contributed by atoms with van der Waals surface area (Å²) in [6.45, 7) is 0. The van der Waals surface area contributed by atoms with E-state index in [0.717, 1.165) is 21.6 Å². The van der Waals surface area contributed by atoms with Crippen LogP contribution in [0.1, 0.15) is 0 Å². The Morgan fingerprint density at radius 1 is 1.13 bits per heavy atom. The topological polar surface area (TPSA) is 109 Å². The van der Waals surface area contributed by atoms with Gasteiger partial charge in [0, 0.05) is 0 Å². The molecule has 0 amide bonds. The summed E-state index contributed by atoms with van der Waals surface area (Å²) in [6, 6.07) is 0. The molecule has 0 aliphatic heterocycles. The van der Waals surface area contributed by atoms with Crippen LogP contribution in [-0.4, -0.2) is 22.3 Å². The van der Waals surface area contributed by atoms with Crippen LogP contribution in [0.4, 0.5) is 0 Å². The van der Waals surface area contributed by atoms with E-state index in [4.69, 9.17) is 14.9 Å². The maximum atomic E-state index is 11.1. The molecule has 0 rings (SSSR count). The lowest BCUT2D eigenvalue weighted by Gasteiger charge is -2.15. The molecule has 7 nitrogen and oxygen atoms in total. The van der Waals surface area contributed by atoms with Gasteiger partial charge in [0.1, 0.15) is 0 Å². The molecule has 0 bridgehead atoms. The van der Waals surface area contributed by atoms with Crippen LogP contribution >= 0.6 is 59.3 Å². The fraction of sp³-hybridized carbons (Fsp3) is 1.00. The summed E-state index contributed by atoms with van der Waals surface area (Å²) in [6.07, 6.45) is 3.26. The molecule has 0 aromatic heterocycles. The van der Waals surface area contributed by atoms with E-state index < -0.39 is 15.6 Å². The number of nitrogens with one attached hydrogen (secondary N) is 1. The smallest absolute Gasteiger partial charge is 0.318 e. The van der Waals surface area contributed by atoms with Gasteiger partial charge in [0.05, 0.1) is 22.1 Å². The van der Waals surface area contributed by atoms with Gasteiger partial charge in [-0.25, -0.2) is 17.7 Å². The monoisotopic (exact) mass is 333 g/mol. The lowest BCUT2D eigenvalue weighted by atomic mass is 12.0. The summed E-state index contributed by atoms with van der Waals surface area (Å²) in [5.74, 6) is 0. The first kappa shape index (κ1) is 16.7. The molecule has 0 fully saturated rings. The van der Waals surface area contributed by atoms with Gasteiger partial charge in [-0.1, -0.05) is 21.6 Å². The molecule has 2 atom stereocenters. The molecular formula is C2H9NO6P2S4. The maximum absolute atomic E-state index is 11.1. The minimum Gasteiger partial charge on any atom is -0.318 e. The minimum absolute atomic E-state index is 0.614. The Hall–Kier alpha value is 1.66. The number of rotatable bonds is 8. The lowest BCUT2D eigenvalue weighted by molar-refractivity contribution is 0.280. The van der Waals surface area contributed by atoms with E-state index in [1.165, 1.54) is 0 Å². The molecule has 92 valence electrons. The molecule has 0 aliphatic carbocycles. The highest BCUT2D eigenvalue weighted by atomic mass is 33.1. The van der Waals surface area contributed by atoms with Gasteiger partial charge in [-0.05, 0) is 12.5 Å². The molecule has 0 aliphatic rings. The van der Waals surface area contributed by atoms with Crippen LogP contribution in [0.3, 0.4) is 0 Å². The summed E-state index contributed by atoms with van der Waals surface area (Å²) in [5.41, 5.74) is 0. The van der Waals surface area contributed by atoms with Gasteiger partial charge in [-0.3, -0.25) is 0 Å². The van der Waals surface area contributed by atoms with Gasteiger partial charge in [-0.2, -0.15) is 4.31 Å². The third-order valence-corrected chi connectivity index (χ3v) is 6.55. The fourth-order valence-corrected chi connectivity index (χ4v) is 5.79. The van der Waals surface area contributed by atoms with E-state index in [1.54, 1.807) is 12.5 Å². The molecule has 0 radical (unpaired) electrons. The molecule has 0 saturated carbocycles. The molecule has 2 unspecified atom stereocenters. The van der Waals surface area contributed by atoms with Crippen molar-refractivity contribution in [2.75, 3.05) is 12.5 Å². The predicted molar refractivity (Wildman–Crippen MR) is 67.2 cm³/mol. The van der Waals surface area contributed by atoms with Crippen LogP contribution in [0.15, 0.2) is 0 Å². The summed E-state index contributed by atoms with van der Waals surface area (Å²) in [4.78, 5) is 18.2. The first-order chi connectivity index (χ1) is 6.83. The van der Waals surface area contributed by atoms with Crippen molar-refractivity contribution in [3.63, 3.8) is 0 Å². The first-order valence-corrected chi connectivity index (χ1v) is 11.1. The second-order valence-corrected chi connectivity index (χ2v) is 9.27. The minimum atomic E-state index is -4.46. The third-order valence-electron chi connectivity index (χ3n) is 0.606. The van der Waals surface area contributed by atoms with E-state index in [9.17, 15) is 4.57 Å². The molecule has 0 aromatic carbocycles. The van der Waals surface area contributed by atoms with E-state index in [0.29, 0.717) is 22.1 Å². The zero-order valence-corrected chi connectivity index (χ0v) is 12.6. The Morgan fingerprint density at radius 2 is 1.60 bits per heavy atom. The summed E-state index contributed by atoms with van der Waals surface area (Å²) in [5, 5.41) is 7.08. The van der Waals surface area contributed by atoms with Crippen molar-refractivity contribution in [2.45, 2.75) is 0 Å². The van der Waals surface area contributed by atoms with Crippen molar-refractivity contribution >= 4 is 59.3 Å². The number of phosphoric acid groups is 1. The lowest BCUT2D eigenvalue weighted by Crippen LogP contribution is -1.89. The van der Waals surface area contributed by atoms with E-state index >= 15 is 0 Å². The van der Waals surface area contributed by atoms with E-state index in [1.807, 2.05) is 0 Å². The van der Waals surface area contributed by atoms with Gasteiger partial charge in [0.2, 0.25) is 0 Å². The van der Waals surface area contributed by atoms with Crippen LogP contribution in [0.2, 0.25) is 0 Å². The quantitative estimate of drug-likeness (QED) is 0.347. The van der Waals surface area contributed by atoms with Crippen molar-refractivity contribution in [1.29, 1.82) is 5.16 Å². The van der Waals surface area contributed by atoms with Crippen LogP contribution in [0.5, 0.6) is 0 Å².